The summed E-state index contributed by atoms with van der Waals surface area (Å²) >= 11 is 1.36. The zero-order chi connectivity index (χ0) is 23.8. The standard InChI is InChI=1S/C29H20N4OS/c30-23-17-32-26(19-9-2-1-3-10-19)27(25(23)22-14-6-11-18-8-4-5-13-21(18)22)33-28(34)24-16-20-12-7-15-31-29(20)35-24/h1-17H,30H2,(H,33,34). The van der Waals surface area contributed by atoms with Crippen LogP contribution in [0.1, 0.15) is 9.67 Å². The van der Waals surface area contributed by atoms with E-state index in [1.165, 1.54) is 11.3 Å². The second-order valence-corrected chi connectivity index (χ2v) is 9.20. The van der Waals surface area contributed by atoms with Crippen LogP contribution in [-0.4, -0.2) is 15.9 Å². The Morgan fingerprint density at radius 3 is 2.46 bits per heavy atom. The highest BCUT2D eigenvalue weighted by molar-refractivity contribution is 7.20. The summed E-state index contributed by atoms with van der Waals surface area (Å²) in [5, 5.41) is 6.24. The Labute approximate surface area is 205 Å². The molecule has 0 aliphatic carbocycles. The van der Waals surface area contributed by atoms with Crippen LogP contribution >= 0.6 is 11.3 Å². The van der Waals surface area contributed by atoms with E-state index in [1.807, 2.05) is 72.8 Å². The molecule has 3 N–H and O–H groups in total. The molecular weight excluding hydrogens is 452 g/mol. The lowest BCUT2D eigenvalue weighted by molar-refractivity contribution is 0.103. The number of thiophene rings is 1. The zero-order valence-electron chi connectivity index (χ0n) is 18.6. The second-order valence-electron chi connectivity index (χ2n) is 8.17. The van der Waals surface area contributed by atoms with Crippen molar-refractivity contribution in [2.75, 3.05) is 11.1 Å². The van der Waals surface area contributed by atoms with Gasteiger partial charge < -0.3 is 11.1 Å². The van der Waals surface area contributed by atoms with Crippen LogP contribution in [0.4, 0.5) is 11.4 Å². The Bertz CT molecular complexity index is 1670. The molecule has 168 valence electrons. The topological polar surface area (TPSA) is 80.9 Å². The number of nitrogen functional groups attached to an aromatic ring is 1. The summed E-state index contributed by atoms with van der Waals surface area (Å²) in [4.78, 5) is 24.0. The van der Waals surface area contributed by atoms with Crippen molar-refractivity contribution in [3.05, 3.63) is 108 Å². The molecule has 0 atom stereocenters. The third-order valence-electron chi connectivity index (χ3n) is 5.97. The summed E-state index contributed by atoms with van der Waals surface area (Å²) in [6, 6.07) is 29.7. The van der Waals surface area contributed by atoms with Gasteiger partial charge >= 0.3 is 0 Å². The van der Waals surface area contributed by atoms with Crippen molar-refractivity contribution in [3.63, 3.8) is 0 Å². The van der Waals surface area contributed by atoms with Crippen molar-refractivity contribution in [3.8, 4) is 22.4 Å². The van der Waals surface area contributed by atoms with Gasteiger partial charge in [0, 0.05) is 22.7 Å². The number of aromatic nitrogens is 2. The number of nitrogens with one attached hydrogen (secondary N) is 1. The summed E-state index contributed by atoms with van der Waals surface area (Å²) in [5.74, 6) is -0.223. The Balaban J connectivity index is 1.57. The Kier molecular flexibility index (Phi) is 5.20. The van der Waals surface area contributed by atoms with E-state index < -0.39 is 0 Å². The van der Waals surface area contributed by atoms with E-state index in [9.17, 15) is 4.79 Å². The van der Waals surface area contributed by atoms with Crippen LogP contribution in [0.2, 0.25) is 0 Å². The summed E-state index contributed by atoms with van der Waals surface area (Å²) in [6.45, 7) is 0. The number of amides is 1. The molecule has 0 aliphatic rings. The average molecular weight is 473 g/mol. The van der Waals surface area contributed by atoms with Crippen molar-refractivity contribution in [2.24, 2.45) is 0 Å². The van der Waals surface area contributed by atoms with Gasteiger partial charge in [0.15, 0.2) is 0 Å². The molecular formula is C29H20N4OS. The highest BCUT2D eigenvalue weighted by atomic mass is 32.1. The van der Waals surface area contributed by atoms with Crippen LogP contribution in [0.15, 0.2) is 103 Å². The van der Waals surface area contributed by atoms with E-state index in [1.54, 1.807) is 12.4 Å². The van der Waals surface area contributed by atoms with E-state index in [-0.39, 0.29) is 5.91 Å². The molecule has 6 heteroatoms. The number of hydrogen-bond donors (Lipinski definition) is 2. The average Bonchev–Trinajstić information content (AvgIpc) is 3.34. The van der Waals surface area contributed by atoms with Gasteiger partial charge in [0.25, 0.3) is 5.91 Å². The molecule has 0 fully saturated rings. The third kappa shape index (κ3) is 3.80. The van der Waals surface area contributed by atoms with Gasteiger partial charge in [-0.3, -0.25) is 9.78 Å². The first-order valence-electron chi connectivity index (χ1n) is 11.2. The molecule has 35 heavy (non-hydrogen) atoms. The van der Waals surface area contributed by atoms with Gasteiger partial charge in [-0.2, -0.15) is 0 Å². The van der Waals surface area contributed by atoms with Crippen LogP contribution in [-0.2, 0) is 0 Å². The van der Waals surface area contributed by atoms with Crippen molar-refractivity contribution < 1.29 is 4.79 Å². The molecule has 0 spiro atoms. The first-order valence-corrected chi connectivity index (χ1v) is 12.0. The quantitative estimate of drug-likeness (QED) is 0.289. The predicted octanol–water partition coefficient (Wildman–Crippen LogP) is 7.01. The van der Waals surface area contributed by atoms with Crippen LogP contribution < -0.4 is 11.1 Å². The minimum absolute atomic E-state index is 0.223. The normalized spacial score (nSPS) is 11.1. The number of rotatable bonds is 4. The van der Waals surface area contributed by atoms with Gasteiger partial charge in [0.1, 0.15) is 4.83 Å². The van der Waals surface area contributed by atoms with Gasteiger partial charge in [-0.15, -0.1) is 11.3 Å². The van der Waals surface area contributed by atoms with Crippen molar-refractivity contribution in [1.82, 2.24) is 9.97 Å². The Morgan fingerprint density at radius 2 is 1.60 bits per heavy atom. The summed E-state index contributed by atoms with van der Waals surface area (Å²) < 4.78 is 0. The highest BCUT2D eigenvalue weighted by Gasteiger charge is 2.21. The van der Waals surface area contributed by atoms with Crippen LogP contribution in [0.25, 0.3) is 43.4 Å². The second kappa shape index (κ2) is 8.66. The van der Waals surface area contributed by atoms with E-state index in [4.69, 9.17) is 5.73 Å². The molecule has 0 unspecified atom stereocenters. The lowest BCUT2D eigenvalue weighted by atomic mass is 9.94. The number of fused-ring (bicyclic) bond motifs is 2. The molecule has 3 heterocycles. The highest BCUT2D eigenvalue weighted by Crippen LogP contribution is 2.42. The molecule has 3 aromatic carbocycles. The van der Waals surface area contributed by atoms with Crippen LogP contribution in [0.3, 0.4) is 0 Å². The third-order valence-corrected chi connectivity index (χ3v) is 7.03. The maximum atomic E-state index is 13.5. The van der Waals surface area contributed by atoms with E-state index >= 15 is 0 Å². The van der Waals surface area contributed by atoms with Crippen molar-refractivity contribution in [2.45, 2.75) is 0 Å². The lowest BCUT2D eigenvalue weighted by Gasteiger charge is -2.18. The summed E-state index contributed by atoms with van der Waals surface area (Å²) in [5.41, 5.74) is 10.9. The smallest absolute Gasteiger partial charge is 0.265 e. The SMILES string of the molecule is Nc1cnc(-c2ccccc2)c(NC(=O)c2cc3cccnc3s2)c1-c1cccc2ccccc12. The van der Waals surface area contributed by atoms with Gasteiger partial charge in [0.05, 0.1) is 28.1 Å². The van der Waals surface area contributed by atoms with Crippen molar-refractivity contribution >= 4 is 49.6 Å². The summed E-state index contributed by atoms with van der Waals surface area (Å²) in [6.07, 6.45) is 3.40. The monoisotopic (exact) mass is 472 g/mol. The first-order chi connectivity index (χ1) is 17.2. The molecule has 3 aromatic heterocycles. The largest absolute Gasteiger partial charge is 0.397 e. The molecule has 0 bridgehead atoms. The van der Waals surface area contributed by atoms with Crippen LogP contribution in [0, 0.1) is 0 Å². The van der Waals surface area contributed by atoms with Gasteiger partial charge in [-0.25, -0.2) is 4.98 Å². The van der Waals surface area contributed by atoms with E-state index in [0.717, 1.165) is 37.7 Å². The molecule has 0 radical (unpaired) electrons. The number of pyridine rings is 2. The number of nitrogens with two attached hydrogens (primary N) is 1. The molecule has 0 aliphatic heterocycles. The van der Waals surface area contributed by atoms with Gasteiger partial charge in [-0.05, 0) is 28.5 Å². The number of carbonyl (C=O) groups is 1. The number of carbonyl (C=O) groups excluding carboxylic acids is 1. The van der Waals surface area contributed by atoms with Gasteiger partial charge in [0.2, 0.25) is 0 Å². The first kappa shape index (κ1) is 21.0. The summed E-state index contributed by atoms with van der Waals surface area (Å²) in [7, 11) is 0. The van der Waals surface area contributed by atoms with Crippen molar-refractivity contribution in [1.29, 1.82) is 0 Å². The van der Waals surface area contributed by atoms with Gasteiger partial charge in [-0.1, -0.05) is 78.9 Å². The van der Waals surface area contributed by atoms with E-state index in [2.05, 4.69) is 33.5 Å². The van der Waals surface area contributed by atoms with E-state index in [0.29, 0.717) is 21.9 Å². The molecule has 0 saturated carbocycles. The number of anilines is 2. The minimum Gasteiger partial charge on any atom is -0.397 e. The number of benzene rings is 3. The minimum atomic E-state index is -0.223. The zero-order valence-corrected chi connectivity index (χ0v) is 19.4. The maximum Gasteiger partial charge on any atom is 0.265 e. The van der Waals surface area contributed by atoms with Crippen LogP contribution in [0.5, 0.6) is 0 Å². The molecule has 5 nitrogen and oxygen atoms in total. The fourth-order valence-electron chi connectivity index (χ4n) is 4.36. The maximum absolute atomic E-state index is 13.5. The number of nitrogens with zero attached hydrogens (tertiary/aromatic N) is 2. The number of hydrogen-bond acceptors (Lipinski definition) is 5. The molecule has 1 amide bonds. The Morgan fingerprint density at radius 1 is 0.829 bits per heavy atom. The molecule has 6 aromatic rings. The predicted molar refractivity (Wildman–Crippen MR) is 145 cm³/mol. The lowest BCUT2D eigenvalue weighted by Crippen LogP contribution is -2.13. The molecule has 0 saturated heterocycles. The fraction of sp³-hybridized carbons (Fsp3) is 0. The molecule has 6 rings (SSSR count). The Hall–Kier alpha value is -4.55. The fourth-order valence-corrected chi connectivity index (χ4v) is 5.25.